The smallest absolute Gasteiger partial charge is 0.271 e. The summed E-state index contributed by atoms with van der Waals surface area (Å²) < 4.78 is 1.18. The number of benzene rings is 1. The highest BCUT2D eigenvalue weighted by atomic mass is 35.5. The second kappa shape index (κ2) is 9.02. The Balaban J connectivity index is 1.44. The van der Waals surface area contributed by atoms with Gasteiger partial charge in [-0.25, -0.2) is 10.5 Å². The van der Waals surface area contributed by atoms with Crippen LogP contribution >= 0.6 is 11.8 Å². The van der Waals surface area contributed by atoms with Crippen LogP contribution in [0.25, 0.3) is 0 Å². The highest BCUT2D eigenvalue weighted by Gasteiger charge is 2.32. The van der Waals surface area contributed by atoms with E-state index >= 15 is 0 Å². The predicted octanol–water partition coefficient (Wildman–Crippen LogP) is 1.50. The van der Waals surface area contributed by atoms with Crippen molar-refractivity contribution >= 4 is 23.6 Å². The maximum atomic E-state index is 12.4. The number of rotatable bonds is 6. The first-order valence-electron chi connectivity index (χ1n) is 8.94. The number of carbonyl (C=O) groups is 2. The molecule has 2 N–H and O–H groups in total. The van der Waals surface area contributed by atoms with E-state index in [9.17, 15) is 9.59 Å². The zero-order chi connectivity index (χ0) is 18.4. The van der Waals surface area contributed by atoms with Crippen LogP contribution in [0.5, 0.6) is 0 Å². The Bertz CT molecular complexity index is 648. The van der Waals surface area contributed by atoms with Crippen molar-refractivity contribution in [2.24, 2.45) is 0 Å². The van der Waals surface area contributed by atoms with E-state index in [0.29, 0.717) is 12.1 Å². The van der Waals surface area contributed by atoms with Crippen molar-refractivity contribution in [2.75, 3.05) is 26.2 Å². The van der Waals surface area contributed by atoms with Gasteiger partial charge in [0.2, 0.25) is 5.91 Å². The number of likely N-dealkylation sites (tertiary alicyclic amines) is 1. The lowest BCUT2D eigenvalue weighted by atomic mass is 10.1. The number of hydrazine groups is 2. The van der Waals surface area contributed by atoms with Crippen molar-refractivity contribution in [2.45, 2.75) is 25.3 Å². The van der Waals surface area contributed by atoms with Crippen LogP contribution in [0, 0.1) is 0 Å². The molecular formula is C18H24ClN5O2. The third-order valence-electron chi connectivity index (χ3n) is 4.54. The highest BCUT2D eigenvalue weighted by molar-refractivity contribution is 6.15. The molecule has 0 aromatic heterocycles. The molecule has 1 aromatic carbocycles. The third-order valence-corrected chi connectivity index (χ3v) is 4.91. The largest absolute Gasteiger partial charge is 0.353 e. The van der Waals surface area contributed by atoms with E-state index in [-0.39, 0.29) is 11.8 Å². The quantitative estimate of drug-likeness (QED) is 0.735. The molecule has 1 fully saturated rings. The van der Waals surface area contributed by atoms with E-state index < -0.39 is 6.04 Å². The van der Waals surface area contributed by atoms with Crippen molar-refractivity contribution in [3.8, 4) is 0 Å². The lowest BCUT2D eigenvalue weighted by Gasteiger charge is -2.28. The van der Waals surface area contributed by atoms with Crippen molar-refractivity contribution < 1.29 is 9.59 Å². The van der Waals surface area contributed by atoms with Gasteiger partial charge in [-0.05, 0) is 44.1 Å². The maximum absolute atomic E-state index is 12.4. The molecule has 2 heterocycles. The van der Waals surface area contributed by atoms with Gasteiger partial charge in [0.15, 0.2) is 0 Å². The van der Waals surface area contributed by atoms with Crippen LogP contribution in [0.4, 0.5) is 0 Å². The monoisotopic (exact) mass is 377 g/mol. The van der Waals surface area contributed by atoms with E-state index in [1.54, 1.807) is 36.5 Å². The fraction of sp³-hybridized carbons (Fsp3) is 0.444. The molecular weight excluding hydrogens is 354 g/mol. The van der Waals surface area contributed by atoms with Gasteiger partial charge in [0.1, 0.15) is 6.04 Å². The van der Waals surface area contributed by atoms with E-state index in [0.717, 1.165) is 19.6 Å². The first kappa shape index (κ1) is 18.7. The molecule has 0 radical (unpaired) electrons. The molecule has 7 nitrogen and oxygen atoms in total. The Hall–Kier alpha value is -2.09. The molecule has 1 atom stereocenters. The van der Waals surface area contributed by atoms with Crippen molar-refractivity contribution in [1.82, 2.24) is 25.3 Å². The zero-order valence-electron chi connectivity index (χ0n) is 14.6. The first-order chi connectivity index (χ1) is 12.6. The molecule has 0 spiro atoms. The minimum atomic E-state index is -0.658. The van der Waals surface area contributed by atoms with Crippen LogP contribution < -0.4 is 10.7 Å². The standard InChI is InChI=1S/C18H24ClN5O2/c19-24-16(18(26)20-10-14-22-11-5-2-6-12-22)9-13-23(24)21-17(25)15-7-3-1-4-8-15/h1,3-4,7-9,13,16H,2,5-6,10-12,14H2,(H,20,26)(H,21,25). The predicted molar refractivity (Wildman–Crippen MR) is 99.7 cm³/mol. The fourth-order valence-corrected chi connectivity index (χ4v) is 3.33. The van der Waals surface area contributed by atoms with Gasteiger partial charge >= 0.3 is 0 Å². The summed E-state index contributed by atoms with van der Waals surface area (Å²) in [4.78, 5) is 26.9. The molecule has 0 bridgehead atoms. The summed E-state index contributed by atoms with van der Waals surface area (Å²) in [6, 6.07) is 8.16. The lowest BCUT2D eigenvalue weighted by molar-refractivity contribution is -0.125. The Morgan fingerprint density at radius 3 is 2.58 bits per heavy atom. The van der Waals surface area contributed by atoms with Gasteiger partial charge in [0, 0.05) is 36.6 Å². The van der Waals surface area contributed by atoms with E-state index in [1.165, 1.54) is 28.9 Å². The number of halogens is 1. The molecule has 1 aromatic rings. The minimum Gasteiger partial charge on any atom is -0.353 e. The van der Waals surface area contributed by atoms with E-state index in [2.05, 4.69) is 15.6 Å². The summed E-state index contributed by atoms with van der Waals surface area (Å²) in [5, 5.41) is 4.22. The summed E-state index contributed by atoms with van der Waals surface area (Å²) in [5.41, 5.74) is 3.17. The average molecular weight is 378 g/mol. The Labute approximate surface area is 158 Å². The number of nitrogens with zero attached hydrogens (tertiary/aromatic N) is 3. The molecule has 8 heteroatoms. The van der Waals surface area contributed by atoms with Gasteiger partial charge < -0.3 is 10.2 Å². The van der Waals surface area contributed by atoms with Gasteiger partial charge in [-0.3, -0.25) is 9.59 Å². The number of hydrogen-bond acceptors (Lipinski definition) is 5. The fourth-order valence-electron chi connectivity index (χ4n) is 3.08. The number of piperidine rings is 1. The molecule has 3 rings (SSSR count). The van der Waals surface area contributed by atoms with Crippen molar-refractivity contribution in [3.63, 3.8) is 0 Å². The van der Waals surface area contributed by atoms with E-state index in [1.807, 2.05) is 6.07 Å². The molecule has 1 unspecified atom stereocenters. The minimum absolute atomic E-state index is 0.190. The third kappa shape index (κ3) is 4.75. The summed E-state index contributed by atoms with van der Waals surface area (Å²) in [6.07, 6.45) is 6.97. The molecule has 26 heavy (non-hydrogen) atoms. The number of carbonyl (C=O) groups excluding carboxylic acids is 2. The van der Waals surface area contributed by atoms with Crippen LogP contribution in [0.3, 0.4) is 0 Å². The van der Waals surface area contributed by atoms with Gasteiger partial charge in [-0.15, -0.1) is 0 Å². The molecule has 2 amide bonds. The zero-order valence-corrected chi connectivity index (χ0v) is 15.4. The SMILES string of the molecule is O=C(NN1C=CC(C(=O)NCCN2CCCCC2)N1Cl)c1ccccc1. The number of nitrogens with one attached hydrogen (secondary N) is 2. The van der Waals surface area contributed by atoms with Gasteiger partial charge in [-0.2, -0.15) is 0 Å². The molecule has 2 aliphatic heterocycles. The molecule has 2 aliphatic rings. The van der Waals surface area contributed by atoms with Gasteiger partial charge in [0.05, 0.1) is 0 Å². The normalized spacial score (nSPS) is 21.0. The molecule has 140 valence electrons. The van der Waals surface area contributed by atoms with Gasteiger partial charge in [-0.1, -0.05) is 29.1 Å². The van der Waals surface area contributed by atoms with Crippen LogP contribution in [0.2, 0.25) is 0 Å². The van der Waals surface area contributed by atoms with Crippen LogP contribution in [-0.2, 0) is 4.79 Å². The first-order valence-corrected chi connectivity index (χ1v) is 9.27. The number of hydrogen-bond donors (Lipinski definition) is 2. The highest BCUT2D eigenvalue weighted by Crippen LogP contribution is 2.17. The van der Waals surface area contributed by atoms with Gasteiger partial charge in [0.25, 0.3) is 5.91 Å². The summed E-state index contributed by atoms with van der Waals surface area (Å²) >= 11 is 6.21. The van der Waals surface area contributed by atoms with Crippen LogP contribution in [0.1, 0.15) is 29.6 Å². The van der Waals surface area contributed by atoms with Crippen LogP contribution in [-0.4, -0.2) is 58.6 Å². The summed E-state index contributed by atoms with van der Waals surface area (Å²) in [7, 11) is 0. The molecule has 1 saturated heterocycles. The maximum Gasteiger partial charge on any atom is 0.271 e. The average Bonchev–Trinajstić information content (AvgIpc) is 3.03. The Kier molecular flexibility index (Phi) is 6.49. The van der Waals surface area contributed by atoms with Crippen molar-refractivity contribution in [3.05, 3.63) is 48.2 Å². The molecule has 0 saturated carbocycles. The van der Waals surface area contributed by atoms with E-state index in [4.69, 9.17) is 11.8 Å². The second-order valence-corrected chi connectivity index (χ2v) is 6.77. The second-order valence-electron chi connectivity index (χ2n) is 6.42. The summed E-state index contributed by atoms with van der Waals surface area (Å²) in [5.74, 6) is -0.489. The topological polar surface area (TPSA) is 67.9 Å². The van der Waals surface area contributed by atoms with Crippen molar-refractivity contribution in [1.29, 1.82) is 0 Å². The van der Waals surface area contributed by atoms with Crippen LogP contribution in [0.15, 0.2) is 42.6 Å². The molecule has 0 aliphatic carbocycles. The Morgan fingerprint density at radius 2 is 1.85 bits per heavy atom. The number of amides is 2. The lowest BCUT2D eigenvalue weighted by Crippen LogP contribution is -2.50. The summed E-state index contributed by atoms with van der Waals surface area (Å²) in [6.45, 7) is 3.63. The Morgan fingerprint density at radius 1 is 1.12 bits per heavy atom.